The van der Waals surface area contributed by atoms with Crippen molar-refractivity contribution in [2.24, 2.45) is 0 Å². The van der Waals surface area contributed by atoms with Gasteiger partial charge in [0.25, 0.3) is 0 Å². The average Bonchev–Trinajstić information content (AvgIpc) is 3.93. The summed E-state index contributed by atoms with van der Waals surface area (Å²) in [5.41, 5.74) is 13.3. The second kappa shape index (κ2) is 16.8. The maximum absolute atomic E-state index is 6.72. The van der Waals surface area contributed by atoms with Crippen molar-refractivity contribution in [3.63, 3.8) is 0 Å². The summed E-state index contributed by atoms with van der Waals surface area (Å²) < 4.78 is 11.4. The van der Waals surface area contributed by atoms with Gasteiger partial charge in [0.15, 0.2) is 0 Å². The predicted octanol–water partition coefficient (Wildman–Crippen LogP) is 12.0. The number of anilines is 7. The van der Waals surface area contributed by atoms with Crippen LogP contribution in [0.2, 0.25) is 0 Å². The van der Waals surface area contributed by atoms with Gasteiger partial charge in [-0.2, -0.15) is 0 Å². The molecule has 64 heavy (non-hydrogen) atoms. The third-order valence-electron chi connectivity index (χ3n) is 11.4. The summed E-state index contributed by atoms with van der Waals surface area (Å²) in [6, 6.07) is 74.5. The van der Waals surface area contributed by atoms with E-state index < -0.39 is 0 Å². The van der Waals surface area contributed by atoms with Crippen molar-refractivity contribution in [3.8, 4) is 39.4 Å². The van der Waals surface area contributed by atoms with Gasteiger partial charge in [0.05, 0.1) is 0 Å². The van der Waals surface area contributed by atoms with Crippen molar-refractivity contribution in [3.05, 3.63) is 225 Å². The quantitative estimate of drug-likeness (QED) is 0.112. The maximum atomic E-state index is 6.72. The molecule has 4 heterocycles. The number of hydrogen-bond acceptors (Lipinski definition) is 6. The van der Waals surface area contributed by atoms with Crippen LogP contribution in [-0.2, 0) is 21.1 Å². The Morgan fingerprint density at radius 1 is 0.531 bits per heavy atom. The molecule has 8 aromatic carbocycles. The number of aromatic nitrogens is 3. The molecule has 2 aliphatic heterocycles. The van der Waals surface area contributed by atoms with Crippen LogP contribution in [0.4, 0.5) is 40.1 Å². The molecular weight excluding hydrogens is 1030 g/mol. The normalized spacial score (nSPS) is 12.7. The molecule has 0 amide bonds. The summed E-state index contributed by atoms with van der Waals surface area (Å²) in [6.45, 7) is 2.11. The molecule has 0 unspecified atom stereocenters. The number of rotatable bonds is 8. The van der Waals surface area contributed by atoms with E-state index in [1.807, 2.05) is 42.7 Å². The van der Waals surface area contributed by atoms with Crippen LogP contribution >= 0.6 is 0 Å². The van der Waals surface area contributed by atoms with E-state index in [1.54, 1.807) is 0 Å². The average molecular weight is 1070 g/mol. The number of fused-ring (bicyclic) bond motifs is 4. The molecule has 2 aliphatic rings. The number of hydrogen-bond donors (Lipinski definition) is 0. The van der Waals surface area contributed by atoms with E-state index in [-0.39, 0.29) is 36.0 Å². The Labute approximate surface area is 392 Å². The number of pyridine rings is 1. The van der Waals surface area contributed by atoms with E-state index in [2.05, 4.69) is 207 Å². The Morgan fingerprint density at radius 2 is 1.17 bits per heavy atom. The molecular formula is C55H35N6OPtSe-3. The van der Waals surface area contributed by atoms with Crippen LogP contribution in [0.5, 0.6) is 11.5 Å². The fourth-order valence-corrected chi connectivity index (χ4v) is 10.6. The van der Waals surface area contributed by atoms with Crippen LogP contribution in [0.1, 0.15) is 0 Å². The van der Waals surface area contributed by atoms with Gasteiger partial charge in [-0.15, -0.1) is 0 Å². The van der Waals surface area contributed by atoms with Crippen molar-refractivity contribution in [2.75, 3.05) is 14.7 Å². The van der Waals surface area contributed by atoms with Gasteiger partial charge < -0.3 is 0 Å². The van der Waals surface area contributed by atoms with E-state index >= 15 is 0 Å². The Balaban J connectivity index is 0.00000456. The van der Waals surface area contributed by atoms with Crippen molar-refractivity contribution < 1.29 is 25.8 Å². The van der Waals surface area contributed by atoms with Crippen LogP contribution in [-0.4, -0.2) is 29.5 Å². The zero-order chi connectivity index (χ0) is 41.7. The first-order chi connectivity index (χ1) is 31.2. The first kappa shape index (κ1) is 39.6. The van der Waals surface area contributed by atoms with Gasteiger partial charge in [-0.3, -0.25) is 0 Å². The van der Waals surface area contributed by atoms with E-state index in [4.69, 9.17) is 9.72 Å². The molecule has 0 bridgehead atoms. The van der Waals surface area contributed by atoms with Gasteiger partial charge in [-0.1, -0.05) is 24.3 Å². The molecule has 10 aromatic rings. The summed E-state index contributed by atoms with van der Waals surface area (Å²) in [5.74, 6) is 1.89. The minimum atomic E-state index is -0.0250. The standard InChI is InChI=1S/C55H35N6OSe.Pt/c1-4-16-38(17-5-1)44-24-15-25-45(39-18-6-2-7-19-39)54(44)61-47-27-11-10-26-46(47)57-55(61)60-50-35-43(30-31-52(50)63-53-32-33-56-36-51(53)60)62-42-23-14-22-41(34-42)59-37-58(40-20-8-3-9-21-40)48-28-12-13-29-49(48)59;/h1-33,36-37H;/q-3;. The Kier molecular flexibility index (Phi) is 10.4. The number of para-hydroxylation sites is 6. The van der Waals surface area contributed by atoms with Crippen molar-refractivity contribution in [2.45, 2.75) is 0 Å². The number of nitrogens with zero attached hydrogens (tertiary/aromatic N) is 6. The van der Waals surface area contributed by atoms with E-state index in [1.165, 1.54) is 4.46 Å². The molecule has 0 saturated carbocycles. The van der Waals surface area contributed by atoms with Crippen molar-refractivity contribution >= 4 is 75.0 Å². The van der Waals surface area contributed by atoms with Crippen molar-refractivity contribution in [1.29, 1.82) is 0 Å². The molecule has 7 nitrogen and oxygen atoms in total. The summed E-state index contributed by atoms with van der Waals surface area (Å²) in [7, 11) is 0. The van der Waals surface area contributed by atoms with Crippen LogP contribution in [0.15, 0.2) is 207 Å². The predicted molar refractivity (Wildman–Crippen MR) is 255 cm³/mol. The Hall–Kier alpha value is -7.21. The second-order valence-corrected chi connectivity index (χ2v) is 17.4. The molecule has 0 saturated heterocycles. The van der Waals surface area contributed by atoms with E-state index in [0.717, 1.165) is 83.5 Å². The second-order valence-electron chi connectivity index (χ2n) is 15.2. The summed E-state index contributed by atoms with van der Waals surface area (Å²) in [5, 5.41) is 0. The number of ether oxygens (including phenoxy) is 1. The minimum absolute atomic E-state index is 0. The Morgan fingerprint density at radius 3 is 1.92 bits per heavy atom. The van der Waals surface area contributed by atoms with E-state index in [0.29, 0.717) is 11.5 Å². The van der Waals surface area contributed by atoms with Gasteiger partial charge in [-0.05, 0) is 12.1 Å². The zero-order valence-corrected chi connectivity index (χ0v) is 38.0. The molecule has 12 rings (SSSR count). The number of imidazole rings is 1. The monoisotopic (exact) mass is 1070 g/mol. The fourth-order valence-electron chi connectivity index (χ4n) is 8.55. The van der Waals surface area contributed by atoms with E-state index in [9.17, 15) is 0 Å². The van der Waals surface area contributed by atoms with Crippen LogP contribution in [0, 0.1) is 18.8 Å². The first-order valence-electron chi connectivity index (χ1n) is 20.7. The van der Waals surface area contributed by atoms with Crippen LogP contribution in [0.3, 0.4) is 0 Å². The molecule has 0 N–H and O–H groups in total. The summed E-state index contributed by atoms with van der Waals surface area (Å²) in [4.78, 5) is 16.7. The van der Waals surface area contributed by atoms with Crippen LogP contribution < -0.4 is 28.4 Å². The molecule has 0 aliphatic carbocycles. The molecule has 2 aromatic heterocycles. The molecule has 0 radical (unpaired) electrons. The number of benzene rings is 8. The molecule has 9 heteroatoms. The van der Waals surface area contributed by atoms with Crippen molar-refractivity contribution in [1.82, 2.24) is 14.5 Å². The van der Waals surface area contributed by atoms with Gasteiger partial charge in [0.2, 0.25) is 0 Å². The summed E-state index contributed by atoms with van der Waals surface area (Å²) >= 11 is -0.0250. The molecule has 0 fully saturated rings. The van der Waals surface area contributed by atoms with Gasteiger partial charge in [0.1, 0.15) is 0 Å². The zero-order valence-electron chi connectivity index (χ0n) is 34.0. The molecule has 0 atom stereocenters. The topological polar surface area (TPSA) is 49.7 Å². The SMILES string of the molecule is [Pt].[c-]1c(Oc2[c-]c3c(cc2)[Se]c2ccncc2N3c2nc3ccccc3n2-c2c(-c3ccccc3)cccc2-c2ccccc2)cccc1N1[CH-]N(c2ccccc2)c2ccccc21. The Bertz CT molecular complexity index is 3250. The first-order valence-corrected chi connectivity index (χ1v) is 22.4. The molecule has 310 valence electrons. The molecule has 0 spiro atoms. The fraction of sp³-hybridized carbons (Fsp3) is 0. The third kappa shape index (κ3) is 6.97. The third-order valence-corrected chi connectivity index (χ3v) is 13.7. The van der Waals surface area contributed by atoms with Gasteiger partial charge in [0, 0.05) is 21.1 Å². The van der Waals surface area contributed by atoms with Crippen LogP contribution in [0.25, 0.3) is 39.0 Å². The van der Waals surface area contributed by atoms with Gasteiger partial charge >= 0.3 is 337 Å². The summed E-state index contributed by atoms with van der Waals surface area (Å²) in [6.07, 6.45) is 3.83. The van der Waals surface area contributed by atoms with Gasteiger partial charge in [-0.25, -0.2) is 0 Å².